The van der Waals surface area contributed by atoms with Crippen molar-refractivity contribution in [1.29, 1.82) is 0 Å². The smallest absolute Gasteiger partial charge is 0.271 e. The van der Waals surface area contributed by atoms with Crippen molar-refractivity contribution in [3.05, 3.63) is 33.7 Å². The first kappa shape index (κ1) is 13.2. The van der Waals surface area contributed by atoms with Gasteiger partial charge in [-0.1, -0.05) is 11.6 Å². The van der Waals surface area contributed by atoms with Crippen molar-refractivity contribution in [2.24, 2.45) is 0 Å². The van der Waals surface area contributed by atoms with Crippen LogP contribution in [0.25, 0.3) is 0 Å². The van der Waals surface area contributed by atoms with Gasteiger partial charge in [-0.15, -0.1) is 10.2 Å². The second-order valence-electron chi connectivity index (χ2n) is 3.49. The van der Waals surface area contributed by atoms with Crippen molar-refractivity contribution >= 4 is 23.2 Å². The van der Waals surface area contributed by atoms with Crippen LogP contribution in [0.1, 0.15) is 0 Å². The van der Waals surface area contributed by atoms with Crippen LogP contribution in [-0.2, 0) is 0 Å². The lowest BCUT2D eigenvalue weighted by atomic mass is 10.2. The summed E-state index contributed by atoms with van der Waals surface area (Å²) in [4.78, 5) is 13.6. The predicted octanol–water partition coefficient (Wildman–Crippen LogP) is 1.58. The summed E-state index contributed by atoms with van der Waals surface area (Å²) < 4.78 is 10.3. The number of nitrogens with zero attached hydrogens (tertiary/aromatic N) is 2. The van der Waals surface area contributed by atoms with E-state index in [0.717, 1.165) is 6.20 Å². The van der Waals surface area contributed by atoms with E-state index in [4.69, 9.17) is 21.1 Å². The Kier molecular flexibility index (Phi) is 3.86. The number of rotatable bonds is 4. The highest BCUT2D eigenvalue weighted by atomic mass is 35.5. The SMILES string of the molecule is COc1cc(Nc2nncc(=O)[nH]2)c(OC)cc1Cl. The fourth-order valence-corrected chi connectivity index (χ4v) is 1.69. The van der Waals surface area contributed by atoms with Gasteiger partial charge in [0, 0.05) is 12.1 Å². The lowest BCUT2D eigenvalue weighted by molar-refractivity contribution is 0.405. The van der Waals surface area contributed by atoms with Gasteiger partial charge < -0.3 is 14.8 Å². The quantitative estimate of drug-likeness (QED) is 0.885. The highest BCUT2D eigenvalue weighted by molar-refractivity contribution is 6.32. The first-order chi connectivity index (χ1) is 9.13. The van der Waals surface area contributed by atoms with Crippen molar-refractivity contribution in [3.8, 4) is 11.5 Å². The van der Waals surface area contributed by atoms with E-state index in [1.54, 1.807) is 12.1 Å². The number of H-pyrrole nitrogens is 1. The van der Waals surface area contributed by atoms with Gasteiger partial charge in [0.1, 0.15) is 17.7 Å². The van der Waals surface area contributed by atoms with Crippen LogP contribution in [0.2, 0.25) is 5.02 Å². The fraction of sp³-hybridized carbons (Fsp3) is 0.182. The summed E-state index contributed by atoms with van der Waals surface area (Å²) >= 11 is 5.99. The molecule has 8 heteroatoms. The minimum atomic E-state index is -0.364. The molecule has 0 unspecified atom stereocenters. The molecule has 0 aliphatic heterocycles. The first-order valence-corrected chi connectivity index (χ1v) is 5.62. The maximum atomic E-state index is 11.1. The monoisotopic (exact) mass is 282 g/mol. The van der Waals surface area contributed by atoms with E-state index >= 15 is 0 Å². The fourth-order valence-electron chi connectivity index (χ4n) is 1.45. The number of benzene rings is 1. The van der Waals surface area contributed by atoms with Crippen LogP contribution in [0.4, 0.5) is 11.6 Å². The number of aromatic nitrogens is 3. The molecule has 0 atom stereocenters. The van der Waals surface area contributed by atoms with Gasteiger partial charge in [0.05, 0.1) is 24.9 Å². The number of ether oxygens (including phenoxy) is 2. The van der Waals surface area contributed by atoms with Gasteiger partial charge in [-0.3, -0.25) is 9.78 Å². The molecule has 0 amide bonds. The molecule has 0 fully saturated rings. The Labute approximate surface area is 113 Å². The summed E-state index contributed by atoms with van der Waals surface area (Å²) in [5.74, 6) is 1.14. The lowest BCUT2D eigenvalue weighted by Crippen LogP contribution is -2.11. The molecule has 0 saturated carbocycles. The molecular weight excluding hydrogens is 272 g/mol. The minimum Gasteiger partial charge on any atom is -0.495 e. The van der Waals surface area contributed by atoms with Crippen LogP contribution in [-0.4, -0.2) is 29.4 Å². The first-order valence-electron chi connectivity index (χ1n) is 5.24. The molecule has 7 nitrogen and oxygen atoms in total. The zero-order valence-corrected chi connectivity index (χ0v) is 11.0. The van der Waals surface area contributed by atoms with E-state index in [0.29, 0.717) is 22.2 Å². The highest BCUT2D eigenvalue weighted by Gasteiger charge is 2.11. The van der Waals surface area contributed by atoms with Crippen molar-refractivity contribution in [1.82, 2.24) is 15.2 Å². The molecule has 100 valence electrons. The average molecular weight is 283 g/mol. The maximum Gasteiger partial charge on any atom is 0.271 e. The Morgan fingerprint density at radius 1 is 1.26 bits per heavy atom. The molecule has 19 heavy (non-hydrogen) atoms. The molecule has 0 radical (unpaired) electrons. The highest BCUT2D eigenvalue weighted by Crippen LogP contribution is 2.36. The normalized spacial score (nSPS) is 10.1. The largest absolute Gasteiger partial charge is 0.495 e. The molecule has 1 aromatic heterocycles. The van der Waals surface area contributed by atoms with Gasteiger partial charge >= 0.3 is 0 Å². The summed E-state index contributed by atoms with van der Waals surface area (Å²) in [6, 6.07) is 3.23. The van der Waals surface area contributed by atoms with Crippen LogP contribution in [0.5, 0.6) is 11.5 Å². The lowest BCUT2D eigenvalue weighted by Gasteiger charge is -2.12. The number of hydrogen-bond acceptors (Lipinski definition) is 6. The van der Waals surface area contributed by atoms with E-state index < -0.39 is 0 Å². The van der Waals surface area contributed by atoms with Crippen LogP contribution < -0.4 is 20.3 Å². The third-order valence-electron chi connectivity index (χ3n) is 2.30. The van der Waals surface area contributed by atoms with Crippen molar-refractivity contribution in [3.63, 3.8) is 0 Å². The number of anilines is 2. The minimum absolute atomic E-state index is 0.190. The predicted molar refractivity (Wildman–Crippen MR) is 70.5 cm³/mol. The third kappa shape index (κ3) is 2.94. The summed E-state index contributed by atoms with van der Waals surface area (Å²) in [5.41, 5.74) is 0.178. The average Bonchev–Trinajstić information content (AvgIpc) is 2.40. The number of nitrogens with one attached hydrogen (secondary N) is 2. The van der Waals surface area contributed by atoms with E-state index in [9.17, 15) is 4.79 Å². The van der Waals surface area contributed by atoms with Crippen LogP contribution in [0.15, 0.2) is 23.1 Å². The molecule has 0 bridgehead atoms. The Balaban J connectivity index is 2.41. The summed E-state index contributed by atoms with van der Waals surface area (Å²) in [6.07, 6.45) is 1.07. The molecule has 0 saturated heterocycles. The molecule has 0 aliphatic rings. The standard InChI is InChI=1S/C11H11ClN4O3/c1-18-8-4-7(9(19-2)3-6(8)12)14-11-15-10(17)5-13-16-11/h3-5H,1-2H3,(H2,14,15,16,17). The summed E-state index contributed by atoms with van der Waals surface area (Å²) in [5, 5.41) is 10.6. The van der Waals surface area contributed by atoms with Crippen LogP contribution >= 0.6 is 11.6 Å². The second kappa shape index (κ2) is 5.57. The molecule has 1 heterocycles. The number of hydrogen-bond donors (Lipinski definition) is 2. The number of halogens is 1. The Hall–Kier alpha value is -2.28. The Morgan fingerprint density at radius 2 is 2.00 bits per heavy atom. The second-order valence-corrected chi connectivity index (χ2v) is 3.90. The van der Waals surface area contributed by atoms with Crippen LogP contribution in [0, 0.1) is 0 Å². The summed E-state index contributed by atoms with van der Waals surface area (Å²) in [7, 11) is 3.00. The van der Waals surface area contributed by atoms with E-state index in [-0.39, 0.29) is 11.5 Å². The van der Waals surface area contributed by atoms with Gasteiger partial charge in [0.2, 0.25) is 5.95 Å². The zero-order chi connectivity index (χ0) is 13.8. The van der Waals surface area contributed by atoms with E-state index in [1.165, 1.54) is 14.2 Å². The number of methoxy groups -OCH3 is 2. The molecular formula is C11H11ClN4O3. The van der Waals surface area contributed by atoms with Gasteiger partial charge in [-0.05, 0) is 0 Å². The van der Waals surface area contributed by atoms with Gasteiger partial charge in [-0.2, -0.15) is 0 Å². The van der Waals surface area contributed by atoms with E-state index in [1.807, 2.05) is 0 Å². The summed E-state index contributed by atoms with van der Waals surface area (Å²) in [6.45, 7) is 0. The molecule has 0 aliphatic carbocycles. The van der Waals surface area contributed by atoms with Gasteiger partial charge in [0.15, 0.2) is 0 Å². The van der Waals surface area contributed by atoms with Crippen molar-refractivity contribution in [2.45, 2.75) is 0 Å². The third-order valence-corrected chi connectivity index (χ3v) is 2.60. The molecule has 2 rings (SSSR count). The maximum absolute atomic E-state index is 11.1. The molecule has 2 N–H and O–H groups in total. The van der Waals surface area contributed by atoms with Crippen LogP contribution in [0.3, 0.4) is 0 Å². The number of aromatic amines is 1. The molecule has 2 aromatic rings. The van der Waals surface area contributed by atoms with Crippen molar-refractivity contribution in [2.75, 3.05) is 19.5 Å². The molecule has 0 spiro atoms. The van der Waals surface area contributed by atoms with Gasteiger partial charge in [0.25, 0.3) is 5.56 Å². The van der Waals surface area contributed by atoms with Crippen molar-refractivity contribution < 1.29 is 9.47 Å². The molecule has 1 aromatic carbocycles. The van der Waals surface area contributed by atoms with E-state index in [2.05, 4.69) is 20.5 Å². The zero-order valence-electron chi connectivity index (χ0n) is 10.2. The Morgan fingerprint density at radius 3 is 2.63 bits per heavy atom. The Bertz CT molecular complexity index is 644. The topological polar surface area (TPSA) is 89.1 Å². The van der Waals surface area contributed by atoms with Gasteiger partial charge in [-0.25, -0.2) is 0 Å².